The van der Waals surface area contributed by atoms with Gasteiger partial charge in [-0.25, -0.2) is 9.78 Å². The van der Waals surface area contributed by atoms with Crippen LogP contribution in [0.2, 0.25) is 0 Å². The number of carbonyl (C=O) groups excluding carboxylic acids is 2. The molecule has 0 saturated heterocycles. The highest BCUT2D eigenvalue weighted by Gasteiger charge is 2.20. The van der Waals surface area contributed by atoms with Gasteiger partial charge in [0.1, 0.15) is 4.88 Å². The van der Waals surface area contributed by atoms with Crippen molar-refractivity contribution >= 4 is 34.1 Å². The maximum atomic E-state index is 12.6. The molecule has 2 aromatic rings. The summed E-state index contributed by atoms with van der Waals surface area (Å²) in [5.41, 5.74) is 2.47. The van der Waals surface area contributed by atoms with Gasteiger partial charge in [-0.15, -0.1) is 0 Å². The summed E-state index contributed by atoms with van der Waals surface area (Å²) in [7, 11) is 0. The third-order valence-electron chi connectivity index (χ3n) is 4.72. The number of hydrogen-bond acceptors (Lipinski definition) is 4. The number of hydrogen-bond donors (Lipinski definition) is 3. The summed E-state index contributed by atoms with van der Waals surface area (Å²) >= 11 is 1.21. The van der Waals surface area contributed by atoms with Crippen LogP contribution in [0.3, 0.4) is 0 Å². The van der Waals surface area contributed by atoms with Gasteiger partial charge in [0.15, 0.2) is 5.13 Å². The fourth-order valence-electron chi connectivity index (χ4n) is 3.23. The van der Waals surface area contributed by atoms with E-state index in [1.165, 1.54) is 37.0 Å². The fraction of sp³-hybridized carbons (Fsp3) is 0.450. The molecule has 3 amide bonds. The van der Waals surface area contributed by atoms with Gasteiger partial charge in [-0.1, -0.05) is 54.7 Å². The second kappa shape index (κ2) is 8.99. The van der Waals surface area contributed by atoms with Gasteiger partial charge >= 0.3 is 6.03 Å². The van der Waals surface area contributed by atoms with Crippen molar-refractivity contribution < 1.29 is 9.59 Å². The van der Waals surface area contributed by atoms with Crippen LogP contribution in [0.4, 0.5) is 15.6 Å². The van der Waals surface area contributed by atoms with Crippen molar-refractivity contribution in [3.8, 4) is 0 Å². The zero-order valence-electron chi connectivity index (χ0n) is 15.8. The molecule has 0 spiro atoms. The number of nitrogens with zero attached hydrogens (tertiary/aromatic N) is 1. The molecular weight excluding hydrogens is 360 g/mol. The number of aromatic nitrogens is 1. The highest BCUT2D eigenvalue weighted by Crippen LogP contribution is 2.24. The normalized spacial score (nSPS) is 15.0. The van der Waals surface area contributed by atoms with Gasteiger partial charge in [0, 0.05) is 11.7 Å². The van der Waals surface area contributed by atoms with E-state index >= 15 is 0 Å². The first-order chi connectivity index (χ1) is 13.0. The Morgan fingerprint density at radius 1 is 1.00 bits per heavy atom. The summed E-state index contributed by atoms with van der Waals surface area (Å²) in [6.07, 6.45) is 6.89. The quantitative estimate of drug-likeness (QED) is 0.656. The van der Waals surface area contributed by atoms with Crippen LogP contribution in [0.1, 0.15) is 59.5 Å². The van der Waals surface area contributed by atoms with Gasteiger partial charge in [0.05, 0.1) is 5.69 Å². The molecule has 6 nitrogen and oxygen atoms in total. The van der Waals surface area contributed by atoms with Gasteiger partial charge in [-0.05, 0) is 38.8 Å². The molecule has 1 aromatic carbocycles. The van der Waals surface area contributed by atoms with Crippen LogP contribution in [0, 0.1) is 13.8 Å². The van der Waals surface area contributed by atoms with E-state index in [1.807, 2.05) is 31.2 Å². The van der Waals surface area contributed by atoms with Gasteiger partial charge < -0.3 is 10.6 Å². The second-order valence-electron chi connectivity index (χ2n) is 7.04. The monoisotopic (exact) mass is 386 g/mol. The maximum absolute atomic E-state index is 12.6. The topological polar surface area (TPSA) is 83.1 Å². The van der Waals surface area contributed by atoms with Crippen LogP contribution in [-0.2, 0) is 0 Å². The Balaban J connectivity index is 1.58. The Labute approximate surface area is 163 Å². The van der Waals surface area contributed by atoms with E-state index in [-0.39, 0.29) is 18.0 Å². The lowest BCUT2D eigenvalue weighted by atomic mass is 10.1. The Morgan fingerprint density at radius 3 is 2.33 bits per heavy atom. The summed E-state index contributed by atoms with van der Waals surface area (Å²) in [5.74, 6) is -0.0936. The molecular formula is C20H26N4O2S. The fourth-order valence-corrected chi connectivity index (χ4v) is 4.10. The second-order valence-corrected chi connectivity index (χ2v) is 8.04. The first-order valence-corrected chi connectivity index (χ1v) is 10.3. The van der Waals surface area contributed by atoms with Crippen molar-refractivity contribution in [2.24, 2.45) is 0 Å². The van der Waals surface area contributed by atoms with E-state index in [1.54, 1.807) is 6.92 Å². The van der Waals surface area contributed by atoms with E-state index < -0.39 is 0 Å². The van der Waals surface area contributed by atoms with Gasteiger partial charge in [0.25, 0.3) is 5.91 Å². The van der Waals surface area contributed by atoms with Crippen molar-refractivity contribution in [1.82, 2.24) is 10.3 Å². The van der Waals surface area contributed by atoms with E-state index in [0.29, 0.717) is 21.4 Å². The smallest absolute Gasteiger partial charge is 0.325 e. The molecule has 0 unspecified atom stereocenters. The largest absolute Gasteiger partial charge is 0.349 e. The Bertz CT molecular complexity index is 793. The number of rotatable bonds is 4. The van der Waals surface area contributed by atoms with Crippen molar-refractivity contribution in [3.63, 3.8) is 0 Å². The van der Waals surface area contributed by atoms with Gasteiger partial charge in [-0.2, -0.15) is 0 Å². The Morgan fingerprint density at radius 2 is 1.67 bits per heavy atom. The number of thiazole rings is 1. The summed E-state index contributed by atoms with van der Waals surface area (Å²) < 4.78 is 0. The molecule has 3 N–H and O–H groups in total. The SMILES string of the molecule is Cc1ccc(NC(=O)Nc2nc(C)c(C(=O)NC3CCCCCC3)s2)cc1. The van der Waals surface area contributed by atoms with Crippen LogP contribution in [0.15, 0.2) is 24.3 Å². The molecule has 1 aliphatic carbocycles. The molecule has 0 aliphatic heterocycles. The maximum Gasteiger partial charge on any atom is 0.325 e. The molecule has 7 heteroatoms. The number of benzene rings is 1. The molecule has 3 rings (SSSR count). The molecule has 1 saturated carbocycles. The van der Waals surface area contributed by atoms with E-state index in [9.17, 15) is 9.59 Å². The lowest BCUT2D eigenvalue weighted by Crippen LogP contribution is -2.34. The van der Waals surface area contributed by atoms with E-state index in [4.69, 9.17) is 0 Å². The van der Waals surface area contributed by atoms with Gasteiger partial charge in [-0.3, -0.25) is 10.1 Å². The molecule has 0 radical (unpaired) electrons. The van der Waals surface area contributed by atoms with Crippen molar-refractivity contribution in [1.29, 1.82) is 0 Å². The molecule has 0 bridgehead atoms. The molecule has 144 valence electrons. The minimum Gasteiger partial charge on any atom is -0.349 e. The molecule has 1 heterocycles. The molecule has 1 aliphatic rings. The third kappa shape index (κ3) is 5.53. The summed E-state index contributed by atoms with van der Waals surface area (Å²) in [4.78, 5) is 29.6. The highest BCUT2D eigenvalue weighted by atomic mass is 32.1. The Hall–Kier alpha value is -2.41. The zero-order valence-corrected chi connectivity index (χ0v) is 16.6. The molecule has 27 heavy (non-hydrogen) atoms. The number of aryl methyl sites for hydroxylation is 2. The summed E-state index contributed by atoms with van der Waals surface area (Å²) in [6, 6.07) is 7.41. The van der Waals surface area contributed by atoms with E-state index in [2.05, 4.69) is 20.9 Å². The average molecular weight is 387 g/mol. The lowest BCUT2D eigenvalue weighted by molar-refractivity contribution is 0.0936. The predicted octanol–water partition coefficient (Wildman–Crippen LogP) is 4.86. The van der Waals surface area contributed by atoms with Crippen LogP contribution in [-0.4, -0.2) is 23.0 Å². The van der Waals surface area contributed by atoms with Crippen LogP contribution in [0.25, 0.3) is 0 Å². The van der Waals surface area contributed by atoms with Crippen LogP contribution in [0.5, 0.6) is 0 Å². The molecule has 1 aromatic heterocycles. The highest BCUT2D eigenvalue weighted by molar-refractivity contribution is 7.17. The number of carbonyl (C=O) groups is 2. The zero-order chi connectivity index (χ0) is 19.2. The molecule has 1 fully saturated rings. The third-order valence-corrected chi connectivity index (χ3v) is 5.79. The lowest BCUT2D eigenvalue weighted by Gasteiger charge is -2.15. The van der Waals surface area contributed by atoms with Crippen LogP contribution < -0.4 is 16.0 Å². The van der Waals surface area contributed by atoms with Crippen molar-refractivity contribution in [2.45, 2.75) is 58.4 Å². The molecule has 0 atom stereocenters. The predicted molar refractivity (Wildman–Crippen MR) is 110 cm³/mol. The average Bonchev–Trinajstić information content (AvgIpc) is 2.82. The van der Waals surface area contributed by atoms with Crippen molar-refractivity contribution in [3.05, 3.63) is 40.4 Å². The first kappa shape index (κ1) is 19.4. The Kier molecular flexibility index (Phi) is 6.45. The standard InChI is InChI=1S/C20H26N4O2S/c1-13-9-11-16(12-10-13)23-19(26)24-20-21-14(2)17(27-20)18(25)22-15-7-5-3-4-6-8-15/h9-12,15H,3-8H2,1-2H3,(H,22,25)(H2,21,23,24,26). The number of urea groups is 1. The summed E-state index contributed by atoms with van der Waals surface area (Å²) in [6.45, 7) is 3.78. The van der Waals surface area contributed by atoms with Crippen LogP contribution >= 0.6 is 11.3 Å². The number of nitrogens with one attached hydrogen (secondary N) is 3. The summed E-state index contributed by atoms with van der Waals surface area (Å²) in [5, 5.41) is 9.03. The minimum absolute atomic E-state index is 0.0936. The first-order valence-electron chi connectivity index (χ1n) is 9.44. The van der Waals surface area contributed by atoms with E-state index in [0.717, 1.165) is 18.4 Å². The van der Waals surface area contributed by atoms with Gasteiger partial charge in [0.2, 0.25) is 0 Å². The number of anilines is 2. The van der Waals surface area contributed by atoms with Crippen molar-refractivity contribution in [2.75, 3.05) is 10.6 Å². The number of amides is 3. The minimum atomic E-state index is -0.372.